The summed E-state index contributed by atoms with van der Waals surface area (Å²) in [5.74, 6) is 1.31. The van der Waals surface area contributed by atoms with E-state index in [-0.39, 0.29) is 11.3 Å². The maximum Gasteiger partial charge on any atom is 0.273 e. The number of rotatable bonds is 4. The van der Waals surface area contributed by atoms with E-state index in [4.69, 9.17) is 21.1 Å². The molecule has 0 atom stereocenters. The van der Waals surface area contributed by atoms with Gasteiger partial charge >= 0.3 is 0 Å². The van der Waals surface area contributed by atoms with Crippen LogP contribution in [0.1, 0.15) is 19.4 Å². The van der Waals surface area contributed by atoms with Crippen molar-refractivity contribution in [3.63, 3.8) is 0 Å². The lowest BCUT2D eigenvalue weighted by Crippen LogP contribution is -2.24. The molecule has 0 spiro atoms. The molecule has 0 unspecified atom stereocenters. The topological polar surface area (TPSA) is 61.6 Å². The minimum atomic E-state index is -0.431. The van der Waals surface area contributed by atoms with Crippen molar-refractivity contribution < 1.29 is 14.4 Å². The molecule has 2 rings (SSSR count). The summed E-state index contributed by atoms with van der Waals surface area (Å²) >= 11 is 5.56. The number of alkyl halides is 1. The number of nitro groups is 1. The van der Waals surface area contributed by atoms with Crippen LogP contribution in [0.15, 0.2) is 12.1 Å². The van der Waals surface area contributed by atoms with Gasteiger partial charge in [0.05, 0.1) is 16.9 Å². The van der Waals surface area contributed by atoms with Crippen molar-refractivity contribution in [1.29, 1.82) is 0 Å². The van der Waals surface area contributed by atoms with Crippen molar-refractivity contribution in [2.75, 3.05) is 12.5 Å². The van der Waals surface area contributed by atoms with E-state index in [0.717, 1.165) is 5.56 Å². The molecule has 1 aromatic rings. The Balaban J connectivity index is 2.42. The largest absolute Gasteiger partial charge is 0.488 e. The maximum atomic E-state index is 10.9. The second-order valence-electron chi connectivity index (χ2n) is 4.77. The average molecular weight is 272 g/mol. The summed E-state index contributed by atoms with van der Waals surface area (Å²) in [5, 5.41) is 10.9. The van der Waals surface area contributed by atoms with Crippen molar-refractivity contribution in [3.8, 4) is 11.5 Å². The van der Waals surface area contributed by atoms with Crippen LogP contribution in [0.25, 0.3) is 0 Å². The van der Waals surface area contributed by atoms with Crippen LogP contribution in [0.4, 0.5) is 5.69 Å². The molecule has 6 heteroatoms. The normalized spacial score (nSPS) is 15.9. The van der Waals surface area contributed by atoms with E-state index in [9.17, 15) is 10.1 Å². The molecule has 98 valence electrons. The summed E-state index contributed by atoms with van der Waals surface area (Å²) in [7, 11) is 0. The van der Waals surface area contributed by atoms with Crippen molar-refractivity contribution in [3.05, 3.63) is 27.8 Å². The van der Waals surface area contributed by atoms with Gasteiger partial charge in [0, 0.05) is 18.1 Å². The van der Waals surface area contributed by atoms with E-state index < -0.39 is 4.92 Å². The van der Waals surface area contributed by atoms with Gasteiger partial charge in [-0.2, -0.15) is 0 Å². The Morgan fingerprint density at radius 1 is 1.56 bits per heavy atom. The molecule has 0 aromatic heterocycles. The Morgan fingerprint density at radius 3 is 2.89 bits per heavy atom. The zero-order chi connectivity index (χ0) is 13.3. The smallest absolute Gasteiger partial charge is 0.273 e. The summed E-state index contributed by atoms with van der Waals surface area (Å²) in [4.78, 5) is 10.4. The molecule has 0 radical (unpaired) electrons. The van der Waals surface area contributed by atoms with Crippen LogP contribution >= 0.6 is 11.6 Å². The summed E-state index contributed by atoms with van der Waals surface area (Å²) in [6.45, 7) is 4.16. The molecule has 0 fully saturated rings. The summed E-state index contributed by atoms with van der Waals surface area (Å²) < 4.78 is 11.2. The predicted molar refractivity (Wildman–Crippen MR) is 67.7 cm³/mol. The molecule has 0 bridgehead atoms. The van der Waals surface area contributed by atoms with E-state index in [0.29, 0.717) is 30.4 Å². The lowest BCUT2D eigenvalue weighted by Gasteiger charge is -2.18. The zero-order valence-corrected chi connectivity index (χ0v) is 11.0. The standard InChI is InChI=1S/C12H14ClNO4/c1-12(2)7-8-5-9(14(15)16)6-10(11(8)18-12)17-4-3-13/h5-6H,3-4,7H2,1-2H3. The highest BCUT2D eigenvalue weighted by Gasteiger charge is 2.34. The van der Waals surface area contributed by atoms with E-state index in [2.05, 4.69) is 0 Å². The molecule has 0 saturated carbocycles. The number of fused-ring (bicyclic) bond motifs is 1. The van der Waals surface area contributed by atoms with Gasteiger partial charge in [0.15, 0.2) is 11.5 Å². The van der Waals surface area contributed by atoms with Crippen LogP contribution in [0.3, 0.4) is 0 Å². The van der Waals surface area contributed by atoms with Gasteiger partial charge in [-0.1, -0.05) is 0 Å². The predicted octanol–water partition coefficient (Wildman–Crippen LogP) is 2.93. The van der Waals surface area contributed by atoms with Crippen molar-refractivity contribution >= 4 is 17.3 Å². The Morgan fingerprint density at radius 2 is 2.28 bits per heavy atom. The number of hydrogen-bond donors (Lipinski definition) is 0. The Kier molecular flexibility index (Phi) is 3.34. The highest BCUT2D eigenvalue weighted by molar-refractivity contribution is 6.18. The lowest BCUT2D eigenvalue weighted by atomic mass is 10.0. The van der Waals surface area contributed by atoms with Gasteiger partial charge in [-0.25, -0.2) is 0 Å². The Labute approximate surface area is 110 Å². The molecule has 1 aliphatic heterocycles. The highest BCUT2D eigenvalue weighted by atomic mass is 35.5. The van der Waals surface area contributed by atoms with Gasteiger partial charge in [0.25, 0.3) is 5.69 Å². The van der Waals surface area contributed by atoms with Gasteiger partial charge in [-0.3, -0.25) is 10.1 Å². The molecular weight excluding hydrogens is 258 g/mol. The third-order valence-corrected chi connectivity index (χ3v) is 2.81. The quantitative estimate of drug-likeness (QED) is 0.480. The average Bonchev–Trinajstić information content (AvgIpc) is 2.59. The fourth-order valence-corrected chi connectivity index (χ4v) is 2.10. The van der Waals surface area contributed by atoms with Crippen LogP contribution < -0.4 is 9.47 Å². The molecule has 0 amide bonds. The molecule has 1 aromatic carbocycles. The van der Waals surface area contributed by atoms with E-state index in [1.807, 2.05) is 13.8 Å². The first-order valence-electron chi connectivity index (χ1n) is 5.62. The number of nitro benzene ring substituents is 1. The fraction of sp³-hybridized carbons (Fsp3) is 0.500. The van der Waals surface area contributed by atoms with Gasteiger partial charge in [-0.05, 0) is 13.8 Å². The Hall–Kier alpha value is -1.49. The van der Waals surface area contributed by atoms with Crippen LogP contribution in [-0.4, -0.2) is 23.0 Å². The van der Waals surface area contributed by atoms with Crippen molar-refractivity contribution in [2.45, 2.75) is 25.9 Å². The van der Waals surface area contributed by atoms with E-state index in [1.165, 1.54) is 12.1 Å². The number of hydrogen-bond acceptors (Lipinski definition) is 4. The van der Waals surface area contributed by atoms with Crippen molar-refractivity contribution in [1.82, 2.24) is 0 Å². The van der Waals surface area contributed by atoms with Crippen LogP contribution in [-0.2, 0) is 6.42 Å². The molecule has 0 aliphatic carbocycles. The first kappa shape index (κ1) is 13.0. The molecule has 1 aliphatic rings. The number of benzene rings is 1. The number of nitrogens with zero attached hydrogens (tertiary/aromatic N) is 1. The molecular formula is C12H14ClNO4. The maximum absolute atomic E-state index is 10.9. The first-order chi connectivity index (χ1) is 8.43. The molecule has 1 heterocycles. The van der Waals surface area contributed by atoms with E-state index >= 15 is 0 Å². The second kappa shape index (κ2) is 4.65. The highest BCUT2D eigenvalue weighted by Crippen LogP contribution is 2.44. The first-order valence-corrected chi connectivity index (χ1v) is 6.15. The third-order valence-electron chi connectivity index (χ3n) is 2.66. The molecule has 18 heavy (non-hydrogen) atoms. The van der Waals surface area contributed by atoms with Gasteiger partial charge in [0.2, 0.25) is 0 Å². The minimum Gasteiger partial charge on any atom is -0.488 e. The van der Waals surface area contributed by atoms with Gasteiger partial charge < -0.3 is 9.47 Å². The monoisotopic (exact) mass is 271 g/mol. The van der Waals surface area contributed by atoms with E-state index in [1.54, 1.807) is 0 Å². The third kappa shape index (κ3) is 2.51. The Bertz CT molecular complexity index is 487. The van der Waals surface area contributed by atoms with Crippen LogP contribution in [0.5, 0.6) is 11.5 Å². The molecule has 0 N–H and O–H groups in total. The van der Waals surface area contributed by atoms with Gasteiger partial charge in [-0.15, -0.1) is 11.6 Å². The zero-order valence-electron chi connectivity index (χ0n) is 10.2. The molecule has 0 saturated heterocycles. The summed E-state index contributed by atoms with van der Waals surface area (Å²) in [6, 6.07) is 2.92. The lowest BCUT2D eigenvalue weighted by molar-refractivity contribution is -0.385. The SMILES string of the molecule is CC1(C)Cc2cc([N+](=O)[O-])cc(OCCCl)c2O1. The summed E-state index contributed by atoms with van der Waals surface area (Å²) in [6.07, 6.45) is 0.626. The van der Waals surface area contributed by atoms with Gasteiger partial charge in [0.1, 0.15) is 12.2 Å². The van der Waals surface area contributed by atoms with Crippen LogP contribution in [0, 0.1) is 10.1 Å². The molecule has 5 nitrogen and oxygen atoms in total. The minimum absolute atomic E-state index is 0.0135. The fourth-order valence-electron chi connectivity index (χ4n) is 2.02. The van der Waals surface area contributed by atoms with Crippen LogP contribution in [0.2, 0.25) is 0 Å². The number of non-ortho nitro benzene ring substituents is 1. The second-order valence-corrected chi connectivity index (χ2v) is 5.14. The number of halogens is 1. The van der Waals surface area contributed by atoms with Crippen molar-refractivity contribution in [2.24, 2.45) is 0 Å². The number of ether oxygens (including phenoxy) is 2. The summed E-state index contributed by atoms with van der Waals surface area (Å²) in [5.41, 5.74) is 0.454.